The number of amides is 1. The van der Waals surface area contributed by atoms with Crippen molar-refractivity contribution in [1.29, 1.82) is 0 Å². The summed E-state index contributed by atoms with van der Waals surface area (Å²) in [5, 5.41) is -0.177. The van der Waals surface area contributed by atoms with E-state index < -0.39 is 9.84 Å². The summed E-state index contributed by atoms with van der Waals surface area (Å²) in [4.78, 5) is 21.3. The van der Waals surface area contributed by atoms with E-state index in [1.807, 2.05) is 37.3 Å². The smallest absolute Gasteiger partial charge is 0.266 e. The molecular weight excluding hydrogens is 531 g/mol. The number of ether oxygens (including phenoxy) is 1. The van der Waals surface area contributed by atoms with Gasteiger partial charge in [-0.1, -0.05) is 72.0 Å². The number of carbonyl (C=O) groups excluding carboxylic acids is 1. The van der Waals surface area contributed by atoms with E-state index in [0.29, 0.717) is 48.5 Å². The Morgan fingerprint density at radius 2 is 1.78 bits per heavy atom. The van der Waals surface area contributed by atoms with Gasteiger partial charge in [0.25, 0.3) is 5.91 Å². The molecular formula is C26H25N3O5S3. The number of thioether (sulfide) groups is 1. The first kappa shape index (κ1) is 25.7. The molecule has 11 heteroatoms. The monoisotopic (exact) mass is 555 g/mol. The van der Waals surface area contributed by atoms with Crippen molar-refractivity contribution >= 4 is 56.0 Å². The SMILES string of the molecule is Cc1ccc(S(=O)(=O)c2nc(/C=C3\SC(=S)N(CCc4ccccc4)C3=O)oc2N2CCOCC2)cc1. The maximum atomic E-state index is 13.5. The Hall–Kier alpha value is -2.99. The Bertz CT molecular complexity index is 1440. The second kappa shape index (κ2) is 10.8. The second-order valence-electron chi connectivity index (χ2n) is 8.65. The Morgan fingerprint density at radius 1 is 1.08 bits per heavy atom. The maximum absolute atomic E-state index is 13.5. The van der Waals surface area contributed by atoms with Crippen LogP contribution in [0.5, 0.6) is 0 Å². The highest BCUT2D eigenvalue weighted by atomic mass is 32.2. The quantitative estimate of drug-likeness (QED) is 0.316. The number of oxazole rings is 1. The summed E-state index contributed by atoms with van der Waals surface area (Å²) in [6.07, 6.45) is 2.14. The van der Waals surface area contributed by atoms with E-state index in [2.05, 4.69) is 4.98 Å². The lowest BCUT2D eigenvalue weighted by molar-refractivity contribution is -0.122. The van der Waals surface area contributed by atoms with Gasteiger partial charge in [-0.25, -0.2) is 8.42 Å². The third kappa shape index (κ3) is 5.49. The molecule has 2 aromatic carbocycles. The molecule has 0 atom stereocenters. The number of nitrogens with zero attached hydrogens (tertiary/aromatic N) is 3. The zero-order valence-electron chi connectivity index (χ0n) is 20.1. The summed E-state index contributed by atoms with van der Waals surface area (Å²) >= 11 is 6.61. The van der Waals surface area contributed by atoms with Crippen molar-refractivity contribution in [3.63, 3.8) is 0 Å². The molecule has 2 aliphatic rings. The molecule has 37 heavy (non-hydrogen) atoms. The lowest BCUT2D eigenvalue weighted by atomic mass is 10.1. The molecule has 2 saturated heterocycles. The third-order valence-corrected chi connectivity index (χ3v) is 9.12. The number of morpholine rings is 1. The van der Waals surface area contributed by atoms with Crippen LogP contribution in [0.2, 0.25) is 0 Å². The van der Waals surface area contributed by atoms with E-state index in [-0.39, 0.29) is 27.6 Å². The number of hydrogen-bond acceptors (Lipinski definition) is 9. The lowest BCUT2D eigenvalue weighted by Crippen LogP contribution is -2.36. The number of aromatic nitrogens is 1. The Balaban J connectivity index is 1.45. The van der Waals surface area contributed by atoms with Crippen molar-refractivity contribution in [3.8, 4) is 0 Å². The molecule has 1 aromatic heterocycles. The Labute approximate surface area is 225 Å². The van der Waals surface area contributed by atoms with Crippen LogP contribution in [0, 0.1) is 6.92 Å². The molecule has 3 aromatic rings. The molecule has 0 radical (unpaired) electrons. The molecule has 2 aliphatic heterocycles. The topological polar surface area (TPSA) is 93.0 Å². The van der Waals surface area contributed by atoms with Crippen molar-refractivity contribution in [1.82, 2.24) is 9.88 Å². The third-order valence-electron chi connectivity index (χ3n) is 6.08. The van der Waals surface area contributed by atoms with Gasteiger partial charge in [0, 0.05) is 25.7 Å². The summed E-state index contributed by atoms with van der Waals surface area (Å²) in [6.45, 7) is 4.16. The minimum absolute atomic E-state index is 0.0377. The summed E-state index contributed by atoms with van der Waals surface area (Å²) in [7, 11) is -3.97. The number of benzene rings is 2. The first-order valence-corrected chi connectivity index (χ1v) is 14.5. The number of anilines is 1. The average Bonchev–Trinajstić information content (AvgIpc) is 3.45. The Morgan fingerprint density at radius 3 is 2.49 bits per heavy atom. The van der Waals surface area contributed by atoms with Gasteiger partial charge in [-0.3, -0.25) is 9.69 Å². The highest BCUT2D eigenvalue weighted by Gasteiger charge is 2.34. The highest BCUT2D eigenvalue weighted by molar-refractivity contribution is 8.26. The predicted octanol–water partition coefficient (Wildman–Crippen LogP) is 4.10. The molecule has 3 heterocycles. The van der Waals surface area contributed by atoms with Crippen LogP contribution >= 0.6 is 24.0 Å². The van der Waals surface area contributed by atoms with Gasteiger partial charge >= 0.3 is 0 Å². The fourth-order valence-electron chi connectivity index (χ4n) is 4.04. The average molecular weight is 556 g/mol. The Kier molecular flexibility index (Phi) is 7.47. The molecule has 2 fully saturated rings. The van der Waals surface area contributed by atoms with Gasteiger partial charge in [-0.2, -0.15) is 4.98 Å². The van der Waals surface area contributed by atoms with Crippen LogP contribution in [0.25, 0.3) is 6.08 Å². The van der Waals surface area contributed by atoms with Gasteiger partial charge in [0.15, 0.2) is 0 Å². The molecule has 0 aliphatic carbocycles. The van der Waals surface area contributed by atoms with Crippen LogP contribution in [-0.2, 0) is 25.8 Å². The van der Waals surface area contributed by atoms with E-state index >= 15 is 0 Å². The van der Waals surface area contributed by atoms with Crippen LogP contribution in [0.3, 0.4) is 0 Å². The number of aryl methyl sites for hydroxylation is 1. The standard InChI is InChI=1S/C26H25N3O5S3/c1-18-7-9-20(10-8-18)37(31,32)23-25(28-13-15-33-16-14-28)34-22(27-23)17-21-24(30)29(26(35)36-21)12-11-19-5-3-2-4-6-19/h2-10,17H,11-16H2,1H3/b21-17-. The van der Waals surface area contributed by atoms with Crippen LogP contribution in [0.15, 0.2) is 73.8 Å². The van der Waals surface area contributed by atoms with E-state index in [0.717, 1.165) is 22.9 Å². The van der Waals surface area contributed by atoms with Crippen LogP contribution in [0.1, 0.15) is 17.0 Å². The van der Waals surface area contributed by atoms with Gasteiger partial charge in [-0.15, -0.1) is 0 Å². The molecule has 0 saturated carbocycles. The van der Waals surface area contributed by atoms with Gasteiger partial charge in [0.1, 0.15) is 4.32 Å². The molecule has 0 spiro atoms. The van der Waals surface area contributed by atoms with E-state index in [1.54, 1.807) is 34.1 Å². The van der Waals surface area contributed by atoms with Crippen molar-refractivity contribution in [2.24, 2.45) is 0 Å². The fraction of sp³-hybridized carbons (Fsp3) is 0.269. The van der Waals surface area contributed by atoms with Crippen molar-refractivity contribution < 1.29 is 22.4 Å². The number of carbonyl (C=O) groups is 1. The molecule has 8 nitrogen and oxygen atoms in total. The minimum atomic E-state index is -3.97. The summed E-state index contributed by atoms with van der Waals surface area (Å²) in [5.74, 6) is -0.0644. The zero-order chi connectivity index (χ0) is 26.0. The lowest BCUT2D eigenvalue weighted by Gasteiger charge is -2.26. The van der Waals surface area contributed by atoms with Crippen molar-refractivity contribution in [3.05, 3.63) is 76.5 Å². The maximum Gasteiger partial charge on any atom is 0.266 e. The number of sulfone groups is 1. The summed E-state index contributed by atoms with van der Waals surface area (Å²) < 4.78 is 38.9. The molecule has 0 N–H and O–H groups in total. The van der Waals surface area contributed by atoms with Crippen LogP contribution in [-0.4, -0.2) is 61.4 Å². The molecule has 5 rings (SSSR count). The number of hydrogen-bond donors (Lipinski definition) is 0. The first-order chi connectivity index (χ1) is 17.8. The van der Waals surface area contributed by atoms with Gasteiger partial charge < -0.3 is 14.1 Å². The van der Waals surface area contributed by atoms with E-state index in [9.17, 15) is 13.2 Å². The molecule has 0 bridgehead atoms. The zero-order valence-corrected chi connectivity index (χ0v) is 22.6. The normalized spacial score (nSPS) is 17.7. The highest BCUT2D eigenvalue weighted by Crippen LogP contribution is 2.36. The molecule has 0 unspecified atom stereocenters. The number of thiocarbonyl (C=S) groups is 1. The molecule has 192 valence electrons. The number of rotatable bonds is 7. The van der Waals surface area contributed by atoms with Gasteiger partial charge in [0.05, 0.1) is 23.0 Å². The summed E-state index contributed by atoms with van der Waals surface area (Å²) in [6, 6.07) is 16.5. The van der Waals surface area contributed by atoms with Crippen molar-refractivity contribution in [2.45, 2.75) is 23.3 Å². The minimum Gasteiger partial charge on any atom is -0.420 e. The van der Waals surface area contributed by atoms with E-state index in [1.165, 1.54) is 6.08 Å². The second-order valence-corrected chi connectivity index (χ2v) is 12.2. The molecule has 1 amide bonds. The van der Waals surface area contributed by atoms with Crippen LogP contribution < -0.4 is 4.90 Å². The van der Waals surface area contributed by atoms with Gasteiger partial charge in [-0.05, 0) is 31.0 Å². The van der Waals surface area contributed by atoms with Crippen LogP contribution in [0.4, 0.5) is 5.88 Å². The fourth-order valence-corrected chi connectivity index (χ4v) is 6.64. The first-order valence-electron chi connectivity index (χ1n) is 11.8. The largest absolute Gasteiger partial charge is 0.420 e. The van der Waals surface area contributed by atoms with Crippen molar-refractivity contribution in [2.75, 3.05) is 37.7 Å². The van der Waals surface area contributed by atoms with Gasteiger partial charge in [0.2, 0.25) is 26.6 Å². The predicted molar refractivity (Wildman–Crippen MR) is 146 cm³/mol. The summed E-state index contributed by atoms with van der Waals surface area (Å²) in [5.41, 5.74) is 2.05. The van der Waals surface area contributed by atoms with E-state index in [4.69, 9.17) is 21.4 Å².